The molecule has 0 bridgehead atoms. The highest BCUT2D eigenvalue weighted by atomic mass is 32.1. The van der Waals surface area contributed by atoms with Gasteiger partial charge in [0.2, 0.25) is 5.91 Å². The smallest absolute Gasteiger partial charge is 0.273 e. The van der Waals surface area contributed by atoms with Gasteiger partial charge in [0.05, 0.1) is 17.0 Å². The van der Waals surface area contributed by atoms with Crippen molar-refractivity contribution in [3.8, 4) is 5.75 Å². The number of ether oxygens (including phenoxy) is 1. The van der Waals surface area contributed by atoms with Crippen LogP contribution in [0.2, 0.25) is 0 Å². The van der Waals surface area contributed by atoms with Crippen molar-refractivity contribution in [3.05, 3.63) is 81.8 Å². The molecule has 200 valence electrons. The molecule has 5 rings (SSSR count). The van der Waals surface area contributed by atoms with Gasteiger partial charge in [-0.05, 0) is 49.3 Å². The molecule has 0 unspecified atom stereocenters. The third kappa shape index (κ3) is 6.09. The van der Waals surface area contributed by atoms with E-state index in [1.54, 1.807) is 0 Å². The van der Waals surface area contributed by atoms with Crippen molar-refractivity contribution in [1.82, 2.24) is 14.8 Å². The molecule has 1 fully saturated rings. The molecular formula is C31H37N3O3S. The van der Waals surface area contributed by atoms with Crippen LogP contribution in [0.4, 0.5) is 0 Å². The maximum Gasteiger partial charge on any atom is 0.273 e. The first-order valence-electron chi connectivity index (χ1n) is 13.8. The average molecular weight is 532 g/mol. The number of hydrogen-bond acceptors (Lipinski definition) is 5. The Bertz CT molecular complexity index is 1230. The van der Waals surface area contributed by atoms with E-state index in [1.807, 2.05) is 52.6 Å². The van der Waals surface area contributed by atoms with E-state index in [9.17, 15) is 9.59 Å². The minimum absolute atomic E-state index is 0.0213. The second kappa shape index (κ2) is 12.1. The zero-order valence-electron chi connectivity index (χ0n) is 22.2. The lowest BCUT2D eigenvalue weighted by molar-refractivity contribution is -0.144. The van der Waals surface area contributed by atoms with E-state index in [1.165, 1.54) is 22.5 Å². The number of carbonyl (C=O) groups excluding carboxylic acids is 2. The number of aryl methyl sites for hydroxylation is 1. The summed E-state index contributed by atoms with van der Waals surface area (Å²) in [5, 5.41) is 2.82. The molecule has 38 heavy (non-hydrogen) atoms. The van der Waals surface area contributed by atoms with Crippen molar-refractivity contribution in [2.24, 2.45) is 5.41 Å². The molecule has 0 atom stereocenters. The van der Waals surface area contributed by atoms with E-state index in [0.717, 1.165) is 49.3 Å². The van der Waals surface area contributed by atoms with Crippen molar-refractivity contribution < 1.29 is 14.3 Å². The summed E-state index contributed by atoms with van der Waals surface area (Å²) in [5.74, 6) is 1.11. The fraction of sp³-hybridized carbons (Fsp3) is 0.452. The number of nitrogens with zero attached hydrogens (tertiary/aromatic N) is 3. The molecule has 2 aliphatic heterocycles. The summed E-state index contributed by atoms with van der Waals surface area (Å²) in [7, 11) is 1.89. The maximum atomic E-state index is 13.7. The van der Waals surface area contributed by atoms with Gasteiger partial charge in [-0.15, -0.1) is 11.3 Å². The number of aromatic nitrogens is 1. The Hall–Kier alpha value is -3.19. The van der Waals surface area contributed by atoms with Gasteiger partial charge in [-0.25, -0.2) is 4.98 Å². The Morgan fingerprint density at radius 1 is 0.974 bits per heavy atom. The van der Waals surface area contributed by atoms with Crippen LogP contribution in [-0.2, 0) is 17.6 Å². The van der Waals surface area contributed by atoms with Gasteiger partial charge in [-0.3, -0.25) is 9.59 Å². The minimum atomic E-state index is -0.410. The molecule has 1 aromatic heterocycles. The summed E-state index contributed by atoms with van der Waals surface area (Å²) in [6.07, 6.45) is 7.18. The minimum Gasteiger partial charge on any atom is -0.491 e. The van der Waals surface area contributed by atoms with Crippen LogP contribution >= 0.6 is 11.3 Å². The standard InChI is InChI=1S/C31H37N3O3S/c1-33-20-21-37-27-14-8-7-13-25(27)12-6-3-9-15-31(30(33)36)16-18-34(19-17-31)29(35)26-23-38-28(32-26)22-24-10-4-2-5-11-24/h2,4-5,7-8,10-11,13-14,23H,3,6,9,12,15-22H2,1H3. The Kier molecular flexibility index (Phi) is 8.42. The molecular weight excluding hydrogens is 494 g/mol. The number of carbonyl (C=O) groups is 2. The van der Waals surface area contributed by atoms with Gasteiger partial charge in [0.15, 0.2) is 0 Å². The molecule has 1 saturated heterocycles. The van der Waals surface area contributed by atoms with Gasteiger partial charge < -0.3 is 14.5 Å². The number of likely N-dealkylation sites (N-methyl/N-ethyl adjacent to an activating group) is 1. The van der Waals surface area contributed by atoms with Crippen LogP contribution in [-0.4, -0.2) is 59.9 Å². The van der Waals surface area contributed by atoms with Crippen LogP contribution in [0.5, 0.6) is 5.75 Å². The van der Waals surface area contributed by atoms with Crippen molar-refractivity contribution in [2.45, 2.75) is 51.4 Å². The first kappa shape index (κ1) is 26.4. The van der Waals surface area contributed by atoms with E-state index in [4.69, 9.17) is 4.74 Å². The molecule has 3 heterocycles. The van der Waals surface area contributed by atoms with Crippen LogP contribution in [0.15, 0.2) is 60.0 Å². The zero-order chi connectivity index (χ0) is 26.4. The van der Waals surface area contributed by atoms with Gasteiger partial charge >= 0.3 is 0 Å². The van der Waals surface area contributed by atoms with Crippen molar-refractivity contribution in [3.63, 3.8) is 0 Å². The fourth-order valence-electron chi connectivity index (χ4n) is 5.74. The van der Waals surface area contributed by atoms with E-state index in [-0.39, 0.29) is 11.8 Å². The van der Waals surface area contributed by atoms with Crippen molar-refractivity contribution in [2.75, 3.05) is 33.3 Å². The molecule has 2 amide bonds. The summed E-state index contributed by atoms with van der Waals surface area (Å²) in [6, 6.07) is 18.4. The lowest BCUT2D eigenvalue weighted by Gasteiger charge is -2.42. The monoisotopic (exact) mass is 531 g/mol. The molecule has 0 saturated carbocycles. The summed E-state index contributed by atoms with van der Waals surface area (Å²) >= 11 is 1.54. The first-order chi connectivity index (χ1) is 18.5. The van der Waals surface area contributed by atoms with Crippen LogP contribution < -0.4 is 4.74 Å². The lowest BCUT2D eigenvalue weighted by atomic mass is 9.73. The summed E-state index contributed by atoms with van der Waals surface area (Å²) < 4.78 is 6.08. The van der Waals surface area contributed by atoms with Crippen LogP contribution in [0.3, 0.4) is 0 Å². The second-order valence-corrected chi connectivity index (χ2v) is 11.5. The highest BCUT2D eigenvalue weighted by Crippen LogP contribution is 2.39. The molecule has 6 nitrogen and oxygen atoms in total. The molecule has 0 N–H and O–H groups in total. The van der Waals surface area contributed by atoms with Gasteiger partial charge in [0.25, 0.3) is 5.91 Å². The van der Waals surface area contributed by atoms with E-state index < -0.39 is 5.41 Å². The van der Waals surface area contributed by atoms with Gasteiger partial charge in [-0.1, -0.05) is 61.4 Å². The van der Waals surface area contributed by atoms with Crippen LogP contribution in [0.1, 0.15) is 65.1 Å². The van der Waals surface area contributed by atoms with E-state index in [2.05, 4.69) is 29.2 Å². The van der Waals surface area contributed by atoms with Gasteiger partial charge in [0.1, 0.15) is 18.1 Å². The lowest BCUT2D eigenvalue weighted by Crippen LogP contribution is -2.51. The Morgan fingerprint density at radius 3 is 2.55 bits per heavy atom. The SMILES string of the molecule is CN1CCOc2ccccc2CCCCCC2(CCN(C(=O)c3csc(Cc4ccccc4)n3)CC2)C1=O. The van der Waals surface area contributed by atoms with Crippen molar-refractivity contribution in [1.29, 1.82) is 0 Å². The first-order valence-corrected chi connectivity index (χ1v) is 14.7. The Balaban J connectivity index is 1.22. The number of amides is 2. The summed E-state index contributed by atoms with van der Waals surface area (Å²) in [5.41, 5.74) is 2.55. The average Bonchev–Trinajstić information content (AvgIpc) is 3.41. The molecule has 2 aromatic carbocycles. The van der Waals surface area contributed by atoms with Crippen molar-refractivity contribution >= 4 is 23.2 Å². The predicted molar refractivity (Wildman–Crippen MR) is 151 cm³/mol. The topological polar surface area (TPSA) is 62.7 Å². The molecule has 2 aliphatic rings. The zero-order valence-corrected chi connectivity index (χ0v) is 23.0. The molecule has 7 heteroatoms. The van der Waals surface area contributed by atoms with Gasteiger partial charge in [0, 0.05) is 31.9 Å². The second-order valence-electron chi connectivity index (χ2n) is 10.6. The Labute approximate surface area is 229 Å². The van der Waals surface area contributed by atoms with Crippen LogP contribution in [0, 0.1) is 5.41 Å². The summed E-state index contributed by atoms with van der Waals surface area (Å²) in [6.45, 7) is 2.22. The number of benzene rings is 2. The van der Waals surface area contributed by atoms with Gasteiger partial charge in [-0.2, -0.15) is 0 Å². The maximum absolute atomic E-state index is 13.7. The normalized spacial score (nSPS) is 18.6. The number of fused-ring (bicyclic) bond motifs is 1. The number of hydrogen-bond donors (Lipinski definition) is 0. The molecule has 0 radical (unpaired) electrons. The Morgan fingerprint density at radius 2 is 1.74 bits per heavy atom. The van der Waals surface area contributed by atoms with E-state index >= 15 is 0 Å². The third-order valence-corrected chi connectivity index (χ3v) is 8.88. The number of thiazole rings is 1. The number of rotatable bonds is 3. The van der Waals surface area contributed by atoms with E-state index in [0.29, 0.717) is 44.8 Å². The molecule has 1 spiro atoms. The molecule has 0 aliphatic carbocycles. The highest BCUT2D eigenvalue weighted by Gasteiger charge is 2.43. The quantitative estimate of drug-likeness (QED) is 0.441. The number of piperidine rings is 1. The third-order valence-electron chi connectivity index (χ3n) is 8.04. The number of para-hydroxylation sites is 1. The highest BCUT2D eigenvalue weighted by molar-refractivity contribution is 7.09. The number of likely N-dealkylation sites (tertiary alicyclic amines) is 1. The fourth-order valence-corrected chi connectivity index (χ4v) is 6.54. The largest absolute Gasteiger partial charge is 0.491 e. The predicted octanol–water partition coefficient (Wildman–Crippen LogP) is 5.61. The van der Waals surface area contributed by atoms with Crippen LogP contribution in [0.25, 0.3) is 0 Å². The molecule has 3 aromatic rings. The summed E-state index contributed by atoms with van der Waals surface area (Å²) in [4.78, 5) is 35.4.